The summed E-state index contributed by atoms with van der Waals surface area (Å²) in [6.45, 7) is -0.112. The van der Waals surface area contributed by atoms with Gasteiger partial charge < -0.3 is 24.0 Å². The smallest absolute Gasteiger partial charge is 0.249 e. The van der Waals surface area contributed by atoms with E-state index in [9.17, 15) is 0 Å². The van der Waals surface area contributed by atoms with Crippen molar-refractivity contribution in [2.75, 3.05) is 19.6 Å². The van der Waals surface area contributed by atoms with Gasteiger partial charge >= 0.3 is 0 Å². The summed E-state index contributed by atoms with van der Waals surface area (Å²) in [6.07, 6.45) is 0. The number of fused-ring (bicyclic) bond motifs is 11. The summed E-state index contributed by atoms with van der Waals surface area (Å²) in [7, 11) is 0. The molecule has 4 aliphatic rings. The Morgan fingerprint density at radius 1 is 0.296 bits per heavy atom. The zero-order chi connectivity index (χ0) is 53.1. The first-order valence-electron chi connectivity index (χ1n) is 27.6. The summed E-state index contributed by atoms with van der Waals surface area (Å²) < 4.78 is 6.75. The second-order valence-corrected chi connectivity index (χ2v) is 23.3. The van der Waals surface area contributed by atoms with Crippen molar-refractivity contribution in [3.63, 3.8) is 0 Å². The molecule has 9 heteroatoms. The van der Waals surface area contributed by atoms with Crippen LogP contribution in [0.3, 0.4) is 0 Å². The van der Waals surface area contributed by atoms with Crippen LogP contribution in [0.15, 0.2) is 303 Å². The third kappa shape index (κ3) is 7.25. The van der Waals surface area contributed by atoms with Crippen LogP contribution in [-0.4, -0.2) is 13.4 Å². The molecular formula is C72H46B2N4OS2. The van der Waals surface area contributed by atoms with Gasteiger partial charge in [0, 0.05) is 87.5 Å². The highest BCUT2D eigenvalue weighted by Crippen LogP contribution is 2.52. The molecule has 4 aliphatic heterocycles. The van der Waals surface area contributed by atoms with Crippen LogP contribution >= 0.6 is 23.5 Å². The van der Waals surface area contributed by atoms with E-state index in [1.807, 2.05) is 23.5 Å². The summed E-state index contributed by atoms with van der Waals surface area (Å²) in [6, 6.07) is 102. The lowest BCUT2D eigenvalue weighted by Crippen LogP contribution is -2.64. The van der Waals surface area contributed by atoms with Gasteiger partial charge in [0.05, 0.1) is 11.1 Å². The van der Waals surface area contributed by atoms with E-state index in [0.717, 1.165) is 78.8 Å². The summed E-state index contributed by atoms with van der Waals surface area (Å²) in [4.78, 5) is 14.9. The highest BCUT2D eigenvalue weighted by Gasteiger charge is 2.47. The van der Waals surface area contributed by atoms with Gasteiger partial charge in [0.15, 0.2) is 0 Å². The molecule has 12 aromatic carbocycles. The van der Waals surface area contributed by atoms with Crippen LogP contribution in [0.2, 0.25) is 0 Å². The third-order valence-corrected chi connectivity index (χ3v) is 18.9. The number of para-hydroxylation sites is 7. The SMILES string of the molecule is c1ccc(N(c2ccccc2)c2cc3c4c(c2)N(c2ccccc2)c2ccccc2B4c2cc4c(cc2S3)N(c2cccc3oc5ccccc5c23)c2cc(N(c3ccccc3)c3ccccc3)cc3c2B4c2ccccc2S3)cc1. The summed E-state index contributed by atoms with van der Waals surface area (Å²) in [5, 5.41) is 2.19. The van der Waals surface area contributed by atoms with E-state index in [1.165, 1.54) is 63.7 Å². The van der Waals surface area contributed by atoms with Crippen LogP contribution in [-0.2, 0) is 0 Å². The van der Waals surface area contributed by atoms with Crippen LogP contribution in [0, 0.1) is 0 Å². The molecule has 0 saturated heterocycles. The minimum atomic E-state index is -0.0570. The molecule has 0 unspecified atom stereocenters. The van der Waals surface area contributed by atoms with Crippen molar-refractivity contribution < 1.29 is 4.42 Å². The highest BCUT2D eigenvalue weighted by atomic mass is 32.2. The van der Waals surface area contributed by atoms with E-state index in [1.54, 1.807) is 0 Å². The molecule has 0 aliphatic carbocycles. The zero-order valence-electron chi connectivity index (χ0n) is 43.7. The molecule has 378 valence electrons. The Hall–Kier alpha value is -9.53. The summed E-state index contributed by atoms with van der Waals surface area (Å²) in [5.74, 6) is 0. The first kappa shape index (κ1) is 46.4. The molecule has 17 rings (SSSR count). The summed E-state index contributed by atoms with van der Waals surface area (Å²) >= 11 is 3.80. The van der Waals surface area contributed by atoms with E-state index >= 15 is 0 Å². The van der Waals surface area contributed by atoms with Crippen LogP contribution in [0.4, 0.5) is 68.2 Å². The maximum Gasteiger partial charge on any atom is 0.249 e. The lowest BCUT2D eigenvalue weighted by molar-refractivity contribution is 0.669. The predicted molar refractivity (Wildman–Crippen MR) is 343 cm³/mol. The Balaban J connectivity index is 0.961. The first-order valence-corrected chi connectivity index (χ1v) is 29.3. The van der Waals surface area contributed by atoms with Gasteiger partial charge in [0.1, 0.15) is 11.2 Å². The first-order chi connectivity index (χ1) is 40.2. The zero-order valence-corrected chi connectivity index (χ0v) is 45.4. The van der Waals surface area contributed by atoms with Gasteiger partial charge in [-0.3, -0.25) is 0 Å². The molecule has 1 aromatic heterocycles. The van der Waals surface area contributed by atoms with Crippen molar-refractivity contribution in [2.45, 2.75) is 19.6 Å². The second kappa shape index (κ2) is 18.5. The molecule has 0 saturated carbocycles. The Morgan fingerprint density at radius 2 is 0.778 bits per heavy atom. The van der Waals surface area contributed by atoms with Crippen LogP contribution in [0.1, 0.15) is 0 Å². The van der Waals surface area contributed by atoms with E-state index in [2.05, 4.69) is 299 Å². The van der Waals surface area contributed by atoms with Crippen molar-refractivity contribution in [1.29, 1.82) is 0 Å². The predicted octanol–water partition coefficient (Wildman–Crippen LogP) is 16.1. The molecule has 81 heavy (non-hydrogen) atoms. The normalized spacial score (nSPS) is 13.2. The van der Waals surface area contributed by atoms with Crippen LogP contribution < -0.4 is 52.4 Å². The highest BCUT2D eigenvalue weighted by molar-refractivity contribution is 8.00. The molecule has 5 nitrogen and oxygen atoms in total. The number of benzene rings is 12. The number of hydrogen-bond donors (Lipinski definition) is 0. The van der Waals surface area contributed by atoms with Crippen LogP contribution in [0.5, 0.6) is 0 Å². The largest absolute Gasteiger partial charge is 0.456 e. The van der Waals surface area contributed by atoms with E-state index in [4.69, 9.17) is 4.42 Å². The number of nitrogens with zero attached hydrogens (tertiary/aromatic N) is 4. The maximum atomic E-state index is 6.75. The Morgan fingerprint density at radius 3 is 1.41 bits per heavy atom. The topological polar surface area (TPSA) is 26.1 Å². The van der Waals surface area contributed by atoms with E-state index in [-0.39, 0.29) is 13.4 Å². The minimum Gasteiger partial charge on any atom is -0.456 e. The Labute approximate surface area is 479 Å². The molecule has 0 radical (unpaired) electrons. The van der Waals surface area contributed by atoms with Crippen molar-refractivity contribution in [1.82, 2.24) is 0 Å². The van der Waals surface area contributed by atoms with Gasteiger partial charge in [0.25, 0.3) is 0 Å². The fourth-order valence-corrected chi connectivity index (χ4v) is 15.8. The molecule has 0 amide bonds. The fraction of sp³-hybridized carbons (Fsp3) is 0. The third-order valence-electron chi connectivity index (χ3n) is 16.7. The maximum absolute atomic E-state index is 6.75. The molecule has 0 spiro atoms. The molecule has 0 bridgehead atoms. The lowest BCUT2D eigenvalue weighted by atomic mass is 9.31. The average Bonchev–Trinajstić information content (AvgIpc) is 3.70. The standard InChI is InChI=1S/C72H46B2N4OS2/c1-6-23-47(24-7-1)75(48-25-8-2-9-26-48)52-41-62-71-69(44-52)81-67-46-61-57(45-58(67)73(71)55-34-17-19-36-59(55)77(62)51-31-14-5-15-32-51)74-56-35-18-21-40-66(56)80-68-43-53(76(49-27-10-3-11-28-49)50-29-12-4-13-30-50)42-63(72(68)74)78(61)60-37-22-39-65-70(60)54-33-16-20-38-64(54)79-65/h1-46H. The van der Waals surface area contributed by atoms with Crippen molar-refractivity contribution >= 4 is 160 Å². The summed E-state index contributed by atoms with van der Waals surface area (Å²) in [5.41, 5.74) is 23.1. The van der Waals surface area contributed by atoms with Gasteiger partial charge in [-0.25, -0.2) is 0 Å². The van der Waals surface area contributed by atoms with Crippen molar-refractivity contribution in [2.24, 2.45) is 0 Å². The van der Waals surface area contributed by atoms with Gasteiger partial charge in [-0.2, -0.15) is 0 Å². The van der Waals surface area contributed by atoms with Gasteiger partial charge in [-0.05, 0) is 143 Å². The Bertz CT molecular complexity index is 4560. The fourth-order valence-electron chi connectivity index (χ4n) is 13.4. The van der Waals surface area contributed by atoms with E-state index < -0.39 is 0 Å². The number of furan rings is 1. The van der Waals surface area contributed by atoms with Gasteiger partial charge in [-0.1, -0.05) is 192 Å². The van der Waals surface area contributed by atoms with Crippen molar-refractivity contribution in [3.8, 4) is 0 Å². The quantitative estimate of drug-likeness (QED) is 0.140. The minimum absolute atomic E-state index is 0.0554. The second-order valence-electron chi connectivity index (χ2n) is 21.1. The van der Waals surface area contributed by atoms with Crippen molar-refractivity contribution in [3.05, 3.63) is 279 Å². The Kier molecular flexibility index (Phi) is 10.6. The molecule has 0 atom stereocenters. The number of anilines is 12. The van der Waals surface area contributed by atoms with Gasteiger partial charge in [0.2, 0.25) is 13.4 Å². The number of rotatable bonds is 8. The van der Waals surface area contributed by atoms with Gasteiger partial charge in [-0.15, -0.1) is 0 Å². The monoisotopic (exact) mass is 1070 g/mol. The molecule has 5 heterocycles. The average molecular weight is 1070 g/mol. The molecule has 0 fully saturated rings. The van der Waals surface area contributed by atoms with E-state index in [0.29, 0.717) is 0 Å². The number of hydrogen-bond acceptors (Lipinski definition) is 7. The molecule has 0 N–H and O–H groups in total. The lowest BCUT2D eigenvalue weighted by Gasteiger charge is -2.44. The molecular weight excluding hydrogens is 1020 g/mol. The molecule has 13 aromatic rings. The van der Waals surface area contributed by atoms with Crippen LogP contribution in [0.25, 0.3) is 21.9 Å².